The van der Waals surface area contributed by atoms with Crippen LogP contribution in [0.2, 0.25) is 0 Å². The molecule has 1 fully saturated rings. The van der Waals surface area contributed by atoms with Crippen molar-refractivity contribution in [2.24, 2.45) is 0 Å². The van der Waals surface area contributed by atoms with Crippen molar-refractivity contribution < 1.29 is 4.92 Å². The van der Waals surface area contributed by atoms with E-state index in [1.165, 1.54) is 31.4 Å². The van der Waals surface area contributed by atoms with E-state index in [0.717, 1.165) is 18.8 Å². The van der Waals surface area contributed by atoms with Gasteiger partial charge in [-0.2, -0.15) is 0 Å². The molecule has 92 valence electrons. The number of non-ortho nitro benzene ring substituents is 1. The van der Waals surface area contributed by atoms with Crippen LogP contribution in [0, 0.1) is 10.1 Å². The minimum atomic E-state index is -0.443. The molecule has 1 saturated heterocycles. The van der Waals surface area contributed by atoms with Gasteiger partial charge in [0, 0.05) is 25.2 Å². The summed E-state index contributed by atoms with van der Waals surface area (Å²) in [6, 6.07) is 4.50. The molecule has 0 amide bonds. The first-order valence-electron chi connectivity index (χ1n) is 5.72. The molecule has 1 aromatic carbocycles. The Hall–Kier alpha value is -1.82. The number of nitrogens with two attached hydrogens (primary N) is 1. The Balaban J connectivity index is 2.08. The van der Waals surface area contributed by atoms with Crippen LogP contribution in [0.3, 0.4) is 0 Å². The molecule has 0 aromatic heterocycles. The topological polar surface area (TPSA) is 84.4 Å². The van der Waals surface area contributed by atoms with Gasteiger partial charge in [-0.3, -0.25) is 10.1 Å². The van der Waals surface area contributed by atoms with Crippen LogP contribution in [0.25, 0.3) is 0 Å². The van der Waals surface area contributed by atoms with E-state index in [1.807, 2.05) is 0 Å². The van der Waals surface area contributed by atoms with Crippen molar-refractivity contribution in [2.75, 3.05) is 24.2 Å². The summed E-state index contributed by atoms with van der Waals surface area (Å²) in [4.78, 5) is 10.1. The molecule has 1 aliphatic heterocycles. The minimum Gasteiger partial charge on any atom is -0.397 e. The molecular weight excluding hydrogens is 220 g/mol. The molecule has 1 aliphatic rings. The summed E-state index contributed by atoms with van der Waals surface area (Å²) < 4.78 is 0. The molecule has 0 bridgehead atoms. The summed E-state index contributed by atoms with van der Waals surface area (Å²) in [5, 5.41) is 12.7. The monoisotopic (exact) mass is 236 g/mol. The molecule has 0 aliphatic carbocycles. The first kappa shape index (κ1) is 11.7. The van der Waals surface area contributed by atoms with Crippen LogP contribution in [-0.2, 0) is 0 Å². The van der Waals surface area contributed by atoms with Gasteiger partial charge in [0.25, 0.3) is 5.69 Å². The van der Waals surface area contributed by atoms with Crippen LogP contribution in [0.5, 0.6) is 0 Å². The van der Waals surface area contributed by atoms with Crippen LogP contribution < -0.4 is 11.2 Å². The number of anilines is 2. The highest BCUT2D eigenvalue weighted by atomic mass is 16.6. The molecule has 6 heteroatoms. The third-order valence-electron chi connectivity index (χ3n) is 2.88. The van der Waals surface area contributed by atoms with Crippen molar-refractivity contribution in [3.8, 4) is 0 Å². The maximum atomic E-state index is 10.6. The number of nitrogens with one attached hydrogen (secondary N) is 1. The number of nitro groups is 1. The highest BCUT2D eigenvalue weighted by molar-refractivity contribution is 5.68. The van der Waals surface area contributed by atoms with Gasteiger partial charge in [0.1, 0.15) is 0 Å². The Morgan fingerprint density at radius 2 is 2.00 bits per heavy atom. The largest absolute Gasteiger partial charge is 0.397 e. The second kappa shape index (κ2) is 5.01. The molecule has 0 radical (unpaired) electrons. The Bertz CT molecular complexity index is 416. The molecule has 0 saturated carbocycles. The first-order valence-corrected chi connectivity index (χ1v) is 5.72. The molecule has 2 rings (SSSR count). The predicted molar refractivity (Wildman–Crippen MR) is 66.6 cm³/mol. The van der Waals surface area contributed by atoms with Gasteiger partial charge in [0.15, 0.2) is 0 Å². The fourth-order valence-corrected chi connectivity index (χ4v) is 1.94. The van der Waals surface area contributed by atoms with Crippen LogP contribution in [-0.4, -0.2) is 23.0 Å². The van der Waals surface area contributed by atoms with E-state index in [-0.39, 0.29) is 5.69 Å². The van der Waals surface area contributed by atoms with Gasteiger partial charge in [-0.25, -0.2) is 5.01 Å². The summed E-state index contributed by atoms with van der Waals surface area (Å²) in [6.07, 6.45) is 3.59. The van der Waals surface area contributed by atoms with Crippen molar-refractivity contribution in [1.29, 1.82) is 0 Å². The lowest BCUT2D eigenvalue weighted by molar-refractivity contribution is -0.384. The number of nitrogens with zero attached hydrogens (tertiary/aromatic N) is 2. The molecular formula is C11H16N4O2. The predicted octanol–water partition coefficient (Wildman–Crippen LogP) is 1.99. The van der Waals surface area contributed by atoms with Crippen LogP contribution in [0.15, 0.2) is 18.2 Å². The zero-order valence-electron chi connectivity index (χ0n) is 9.56. The lowest BCUT2D eigenvalue weighted by Gasteiger charge is -2.28. The minimum absolute atomic E-state index is 0.0201. The average Bonchev–Trinajstić information content (AvgIpc) is 2.33. The van der Waals surface area contributed by atoms with E-state index in [2.05, 4.69) is 10.4 Å². The Kier molecular flexibility index (Phi) is 3.43. The zero-order chi connectivity index (χ0) is 12.3. The zero-order valence-corrected chi connectivity index (χ0v) is 9.56. The molecule has 17 heavy (non-hydrogen) atoms. The highest BCUT2D eigenvalue weighted by Crippen LogP contribution is 2.25. The van der Waals surface area contributed by atoms with E-state index < -0.39 is 4.92 Å². The highest BCUT2D eigenvalue weighted by Gasteiger charge is 2.13. The number of rotatable bonds is 3. The van der Waals surface area contributed by atoms with Crippen molar-refractivity contribution >= 4 is 17.1 Å². The summed E-state index contributed by atoms with van der Waals surface area (Å²) in [5.41, 5.74) is 10.1. The number of hydrazine groups is 1. The molecule has 0 unspecified atom stereocenters. The molecule has 3 N–H and O–H groups in total. The van der Waals surface area contributed by atoms with Gasteiger partial charge in [0.2, 0.25) is 0 Å². The van der Waals surface area contributed by atoms with Crippen LogP contribution in [0.4, 0.5) is 17.1 Å². The molecule has 1 aromatic rings. The van der Waals surface area contributed by atoms with Crippen LogP contribution in [0.1, 0.15) is 19.3 Å². The molecule has 1 heterocycles. The van der Waals surface area contributed by atoms with Gasteiger partial charge in [0.05, 0.1) is 16.3 Å². The van der Waals surface area contributed by atoms with Crippen molar-refractivity contribution in [3.63, 3.8) is 0 Å². The van der Waals surface area contributed by atoms with E-state index in [4.69, 9.17) is 5.73 Å². The lowest BCUT2D eigenvalue weighted by atomic mass is 10.2. The van der Waals surface area contributed by atoms with Gasteiger partial charge in [-0.05, 0) is 18.9 Å². The number of nitro benzene ring substituents is 1. The van der Waals surface area contributed by atoms with Crippen molar-refractivity contribution in [3.05, 3.63) is 28.3 Å². The van der Waals surface area contributed by atoms with Gasteiger partial charge in [-0.1, -0.05) is 6.42 Å². The van der Waals surface area contributed by atoms with Crippen molar-refractivity contribution in [1.82, 2.24) is 5.01 Å². The Labute approximate surface area is 99.5 Å². The Morgan fingerprint density at radius 3 is 2.59 bits per heavy atom. The fourth-order valence-electron chi connectivity index (χ4n) is 1.94. The smallest absolute Gasteiger partial charge is 0.271 e. The number of nitrogen functional groups attached to an aromatic ring is 1. The third-order valence-corrected chi connectivity index (χ3v) is 2.88. The van der Waals surface area contributed by atoms with Gasteiger partial charge < -0.3 is 11.2 Å². The van der Waals surface area contributed by atoms with E-state index in [1.54, 1.807) is 6.07 Å². The van der Waals surface area contributed by atoms with Crippen LogP contribution >= 0.6 is 0 Å². The maximum absolute atomic E-state index is 10.6. The van der Waals surface area contributed by atoms with E-state index in [0.29, 0.717) is 5.69 Å². The standard InChI is InChI=1S/C11H16N4O2/c12-10-8-9(15(16)17)4-5-11(10)13-14-6-2-1-3-7-14/h4-5,8,13H,1-3,6-7,12H2. The van der Waals surface area contributed by atoms with E-state index in [9.17, 15) is 10.1 Å². The Morgan fingerprint density at radius 1 is 1.29 bits per heavy atom. The number of benzene rings is 1. The van der Waals surface area contributed by atoms with Gasteiger partial charge in [-0.15, -0.1) is 0 Å². The van der Waals surface area contributed by atoms with Gasteiger partial charge >= 0.3 is 0 Å². The SMILES string of the molecule is Nc1cc([N+](=O)[O-])ccc1NN1CCCCC1. The third kappa shape index (κ3) is 2.85. The lowest BCUT2D eigenvalue weighted by Crippen LogP contribution is -2.35. The normalized spacial score (nSPS) is 16.7. The summed E-state index contributed by atoms with van der Waals surface area (Å²) in [5.74, 6) is 0. The molecule has 6 nitrogen and oxygen atoms in total. The second-order valence-corrected chi connectivity index (χ2v) is 4.19. The summed E-state index contributed by atoms with van der Waals surface area (Å²) in [7, 11) is 0. The van der Waals surface area contributed by atoms with E-state index >= 15 is 0 Å². The second-order valence-electron chi connectivity index (χ2n) is 4.19. The van der Waals surface area contributed by atoms with Crippen molar-refractivity contribution in [2.45, 2.75) is 19.3 Å². The number of hydrogen-bond acceptors (Lipinski definition) is 5. The maximum Gasteiger partial charge on any atom is 0.271 e. The fraction of sp³-hybridized carbons (Fsp3) is 0.455. The molecule has 0 spiro atoms. The number of piperidine rings is 1. The average molecular weight is 236 g/mol. The quantitative estimate of drug-likeness (QED) is 0.476. The molecule has 0 atom stereocenters. The summed E-state index contributed by atoms with van der Waals surface area (Å²) in [6.45, 7) is 1.97. The summed E-state index contributed by atoms with van der Waals surface area (Å²) >= 11 is 0. The first-order chi connectivity index (χ1) is 8.16. The number of hydrogen-bond donors (Lipinski definition) is 2.